The molecule has 0 spiro atoms. The molecule has 0 saturated carbocycles. The molecule has 0 bridgehead atoms. The largest absolute Gasteiger partial charge is 0.508 e. The summed E-state index contributed by atoms with van der Waals surface area (Å²) in [6.07, 6.45) is -1.03. The summed E-state index contributed by atoms with van der Waals surface area (Å²) in [4.78, 5) is 12.3. The number of phenolic OH excluding ortho intramolecular Hbond substituents is 1. The lowest BCUT2D eigenvalue weighted by Gasteiger charge is -2.25. The van der Waals surface area contributed by atoms with Crippen LogP contribution in [0.25, 0.3) is 0 Å². The predicted molar refractivity (Wildman–Crippen MR) is 101 cm³/mol. The fourth-order valence-corrected chi connectivity index (χ4v) is 2.86. The van der Waals surface area contributed by atoms with Crippen molar-refractivity contribution in [1.82, 2.24) is 0 Å². The minimum absolute atomic E-state index is 0.00848. The lowest BCUT2D eigenvalue weighted by atomic mass is 9.94. The first kappa shape index (κ1) is 19.8. The number of benzene rings is 2. The Kier molecular flexibility index (Phi) is 7.01. The zero-order chi connectivity index (χ0) is 19.1. The van der Waals surface area contributed by atoms with Crippen molar-refractivity contribution in [3.63, 3.8) is 0 Å². The highest BCUT2D eigenvalue weighted by Gasteiger charge is 2.26. The van der Waals surface area contributed by atoms with E-state index in [0.717, 1.165) is 4.47 Å². The molecule has 1 amide bonds. The summed E-state index contributed by atoms with van der Waals surface area (Å²) in [6.45, 7) is 1.77. The van der Waals surface area contributed by atoms with E-state index in [9.17, 15) is 15.0 Å². The number of amides is 1. The molecule has 6 nitrogen and oxygen atoms in total. The molecule has 0 radical (unpaired) electrons. The average Bonchev–Trinajstić information content (AvgIpc) is 2.62. The molecule has 0 aliphatic heterocycles. The van der Waals surface area contributed by atoms with Crippen LogP contribution in [0.3, 0.4) is 0 Å². The van der Waals surface area contributed by atoms with Gasteiger partial charge in [0, 0.05) is 22.3 Å². The molecule has 2 aromatic carbocycles. The highest BCUT2D eigenvalue weighted by atomic mass is 79.9. The molecular formula is C19H19BrN2O4. The average molecular weight is 419 g/mol. The van der Waals surface area contributed by atoms with Gasteiger partial charge < -0.3 is 14.9 Å². The van der Waals surface area contributed by atoms with Crippen LogP contribution in [-0.2, 0) is 4.74 Å². The van der Waals surface area contributed by atoms with Crippen LogP contribution in [0.2, 0.25) is 0 Å². The second-order valence-corrected chi connectivity index (χ2v) is 6.75. The van der Waals surface area contributed by atoms with E-state index in [1.807, 2.05) is 13.0 Å². The molecule has 0 fully saturated rings. The molecule has 0 heterocycles. The van der Waals surface area contributed by atoms with Gasteiger partial charge in [-0.2, -0.15) is 5.26 Å². The van der Waals surface area contributed by atoms with Gasteiger partial charge in [0.1, 0.15) is 11.9 Å². The Morgan fingerprint density at radius 3 is 2.62 bits per heavy atom. The monoisotopic (exact) mass is 418 g/mol. The van der Waals surface area contributed by atoms with E-state index < -0.39 is 12.2 Å². The fraction of sp³-hybridized carbons (Fsp3) is 0.263. The van der Waals surface area contributed by atoms with Crippen LogP contribution in [-0.4, -0.2) is 22.9 Å². The number of halogens is 1. The van der Waals surface area contributed by atoms with Gasteiger partial charge in [-0.3, -0.25) is 5.32 Å². The lowest BCUT2D eigenvalue weighted by molar-refractivity contribution is 0.0652. The normalized spacial score (nSPS) is 12.7. The van der Waals surface area contributed by atoms with Crippen LogP contribution in [0.5, 0.6) is 5.75 Å². The van der Waals surface area contributed by atoms with Crippen molar-refractivity contribution in [2.45, 2.75) is 19.4 Å². The molecule has 2 atom stereocenters. The molecule has 0 aromatic heterocycles. The summed E-state index contributed by atoms with van der Waals surface area (Å²) >= 11 is 3.34. The van der Waals surface area contributed by atoms with Crippen LogP contribution < -0.4 is 5.32 Å². The third-order valence-corrected chi connectivity index (χ3v) is 4.39. The summed E-state index contributed by atoms with van der Waals surface area (Å²) in [7, 11) is 0. The molecule has 0 aliphatic rings. The predicted octanol–water partition coefficient (Wildman–Crippen LogP) is 4.33. The van der Waals surface area contributed by atoms with Crippen molar-refractivity contribution >= 4 is 27.7 Å². The van der Waals surface area contributed by atoms with Crippen LogP contribution in [0.1, 0.15) is 30.6 Å². The maximum atomic E-state index is 12.3. The third-order valence-electron chi connectivity index (χ3n) is 3.89. The van der Waals surface area contributed by atoms with Gasteiger partial charge in [0.05, 0.1) is 11.6 Å². The van der Waals surface area contributed by atoms with E-state index in [1.165, 1.54) is 6.07 Å². The highest BCUT2D eigenvalue weighted by molar-refractivity contribution is 9.10. The number of nitrogens with one attached hydrogen (secondary N) is 1. The second kappa shape index (κ2) is 9.22. The van der Waals surface area contributed by atoms with E-state index in [0.29, 0.717) is 23.2 Å². The summed E-state index contributed by atoms with van der Waals surface area (Å²) < 4.78 is 6.28. The van der Waals surface area contributed by atoms with Gasteiger partial charge in [-0.25, -0.2) is 4.79 Å². The number of nitrogens with zero attached hydrogens (tertiary/aromatic N) is 1. The smallest absolute Gasteiger partial charge is 0.412 e. The number of carbonyl (C=O) groups is 1. The van der Waals surface area contributed by atoms with Crippen molar-refractivity contribution < 1.29 is 19.7 Å². The number of nitriles is 1. The molecule has 136 valence electrons. The molecule has 7 heteroatoms. The Bertz CT molecular complexity index is 802. The maximum Gasteiger partial charge on any atom is 0.412 e. The summed E-state index contributed by atoms with van der Waals surface area (Å²) in [5, 5.41) is 30.8. The summed E-state index contributed by atoms with van der Waals surface area (Å²) in [5.41, 5.74) is 1.42. The van der Waals surface area contributed by atoms with Crippen LogP contribution in [0.15, 0.2) is 46.9 Å². The van der Waals surface area contributed by atoms with Crippen molar-refractivity contribution in [3.8, 4) is 11.8 Å². The maximum absolute atomic E-state index is 12.3. The zero-order valence-electron chi connectivity index (χ0n) is 14.1. The molecule has 0 unspecified atom stereocenters. The molecule has 2 aromatic rings. The number of ether oxygens (including phenoxy) is 1. The van der Waals surface area contributed by atoms with Crippen molar-refractivity contribution in [3.05, 3.63) is 58.1 Å². The van der Waals surface area contributed by atoms with Crippen LogP contribution in [0, 0.1) is 17.2 Å². The minimum atomic E-state index is -0.738. The number of phenols is 1. The van der Waals surface area contributed by atoms with Gasteiger partial charge in [-0.15, -0.1) is 0 Å². The number of aliphatic hydroxyl groups is 1. The quantitative estimate of drug-likeness (QED) is 0.647. The first-order valence-electron chi connectivity index (χ1n) is 8.01. The molecule has 26 heavy (non-hydrogen) atoms. The number of anilines is 1. The molecule has 0 saturated heterocycles. The molecule has 0 aliphatic carbocycles. The van der Waals surface area contributed by atoms with Crippen molar-refractivity contribution in [1.29, 1.82) is 5.26 Å². The first-order chi connectivity index (χ1) is 12.4. The highest BCUT2D eigenvalue weighted by Crippen LogP contribution is 2.36. The van der Waals surface area contributed by atoms with Crippen LogP contribution >= 0.6 is 15.9 Å². The number of aromatic hydroxyl groups is 1. The topological polar surface area (TPSA) is 103 Å². The Hall–Kier alpha value is -2.56. The van der Waals surface area contributed by atoms with E-state index in [-0.39, 0.29) is 18.3 Å². The van der Waals surface area contributed by atoms with E-state index in [1.54, 1.807) is 36.4 Å². The Balaban J connectivity index is 2.18. The Labute approximate surface area is 160 Å². The van der Waals surface area contributed by atoms with E-state index in [4.69, 9.17) is 10.00 Å². The summed E-state index contributed by atoms with van der Waals surface area (Å²) in [5.74, 6) is -0.207. The minimum Gasteiger partial charge on any atom is -0.508 e. The van der Waals surface area contributed by atoms with Crippen LogP contribution in [0.4, 0.5) is 10.5 Å². The standard InChI is InChI=1S/C19H19BrN2O4/c1-12(8-9-23)18(16-10-14(20)4-7-17(16)24)26-19(25)22-15-5-2-13(11-21)3-6-15/h2-7,10,12,18,23-24H,8-9H2,1H3,(H,22,25)/t12-,18-/m1/s1. The zero-order valence-corrected chi connectivity index (χ0v) is 15.7. The van der Waals surface area contributed by atoms with E-state index in [2.05, 4.69) is 21.2 Å². The molecule has 2 rings (SSSR count). The van der Waals surface area contributed by atoms with E-state index >= 15 is 0 Å². The van der Waals surface area contributed by atoms with Gasteiger partial charge in [0.25, 0.3) is 0 Å². The van der Waals surface area contributed by atoms with Gasteiger partial charge >= 0.3 is 6.09 Å². The lowest BCUT2D eigenvalue weighted by Crippen LogP contribution is -2.22. The molecular weight excluding hydrogens is 400 g/mol. The van der Waals surface area contributed by atoms with Gasteiger partial charge in [-0.05, 0) is 54.8 Å². The second-order valence-electron chi connectivity index (χ2n) is 5.83. The number of hydrogen-bond donors (Lipinski definition) is 3. The Morgan fingerprint density at radius 2 is 2.00 bits per heavy atom. The first-order valence-corrected chi connectivity index (χ1v) is 8.81. The van der Waals surface area contributed by atoms with Crippen molar-refractivity contribution in [2.75, 3.05) is 11.9 Å². The third kappa shape index (κ3) is 5.22. The number of aliphatic hydroxyl groups excluding tert-OH is 1. The Morgan fingerprint density at radius 1 is 1.31 bits per heavy atom. The fourth-order valence-electron chi connectivity index (χ4n) is 2.49. The number of carbonyl (C=O) groups excluding carboxylic acids is 1. The van der Waals surface area contributed by atoms with Gasteiger partial charge in [0.15, 0.2) is 0 Å². The number of hydrogen-bond acceptors (Lipinski definition) is 5. The van der Waals surface area contributed by atoms with Gasteiger partial charge in [-0.1, -0.05) is 22.9 Å². The number of rotatable bonds is 6. The SMILES string of the molecule is C[C@H](CCO)[C@@H](OC(=O)Nc1ccc(C#N)cc1)c1cc(Br)ccc1O. The molecule has 3 N–H and O–H groups in total. The summed E-state index contributed by atoms with van der Waals surface area (Å²) in [6, 6.07) is 13.3. The van der Waals surface area contributed by atoms with Gasteiger partial charge in [0.2, 0.25) is 0 Å². The van der Waals surface area contributed by atoms with Crippen molar-refractivity contribution in [2.24, 2.45) is 5.92 Å².